The van der Waals surface area contributed by atoms with E-state index in [0.717, 1.165) is 44.4 Å². The normalized spacial score (nSPS) is 11.9. The topological polar surface area (TPSA) is 81.0 Å². The highest BCUT2D eigenvalue weighted by atomic mass is 16.5. The molecule has 0 unspecified atom stereocenters. The molecule has 0 fully saturated rings. The van der Waals surface area contributed by atoms with Crippen LogP contribution in [-0.2, 0) is 4.65 Å². The third-order valence-corrected chi connectivity index (χ3v) is 7.98. The maximum atomic E-state index is 10.6. The average molecular weight is 564 g/mol. The van der Waals surface area contributed by atoms with Gasteiger partial charge in [0, 0.05) is 22.1 Å². The molecule has 6 nitrogen and oxygen atoms in total. The molecule has 0 aliphatic carbocycles. The molecular weight excluding hydrogens is 531 g/mol. The van der Waals surface area contributed by atoms with E-state index in [-0.39, 0.29) is 7.48 Å². The monoisotopic (exact) mass is 564 g/mol. The lowest BCUT2D eigenvalue weighted by Gasteiger charge is -2.37. The van der Waals surface area contributed by atoms with Crippen LogP contribution >= 0.6 is 0 Å². The molecule has 6 rings (SSSR count). The Morgan fingerprint density at radius 2 is 1.16 bits per heavy atom. The van der Waals surface area contributed by atoms with Gasteiger partial charge in [-0.2, -0.15) is 0 Å². The van der Waals surface area contributed by atoms with Crippen LogP contribution < -0.4 is 5.72 Å². The first kappa shape index (κ1) is 28.4. The van der Waals surface area contributed by atoms with E-state index < -0.39 is 11.2 Å². The lowest BCUT2D eigenvalue weighted by atomic mass is 9.86. The van der Waals surface area contributed by atoms with Gasteiger partial charge in [-0.05, 0) is 57.0 Å². The number of rotatable bonds is 8. The van der Waals surface area contributed by atoms with Crippen LogP contribution in [0.3, 0.4) is 0 Å². The second kappa shape index (κ2) is 11.5. The van der Waals surface area contributed by atoms with Crippen LogP contribution in [0, 0.1) is 0 Å². The number of aromatic nitrogens is 4. The van der Waals surface area contributed by atoms with Gasteiger partial charge in [0.05, 0.1) is 22.4 Å². The maximum absolute atomic E-state index is 10.6. The molecule has 2 heterocycles. The molecule has 0 aliphatic heterocycles. The molecule has 1 N–H and O–H groups in total. The minimum Gasteiger partial charge on any atom is -0.423 e. The molecule has 0 amide bonds. The molecule has 2 aromatic heterocycles. The lowest BCUT2D eigenvalue weighted by Crippen LogP contribution is -2.49. The van der Waals surface area contributed by atoms with Gasteiger partial charge in [-0.15, -0.1) is 0 Å². The summed E-state index contributed by atoms with van der Waals surface area (Å²) in [5.41, 5.74) is 5.38. The van der Waals surface area contributed by atoms with E-state index in [9.17, 15) is 5.11 Å². The van der Waals surface area contributed by atoms with Crippen LogP contribution in [0.2, 0.25) is 0 Å². The summed E-state index contributed by atoms with van der Waals surface area (Å²) in [6.07, 6.45) is 0. The third kappa shape index (κ3) is 6.24. The SMILES string of the molecule is CC(C)(O)C(C)(C)OBc1nc(-c2ccc(-c3ccccc3)cc2)nc(-c2cccc(-c3ccc4ccccc4n3)c2)n1. The van der Waals surface area contributed by atoms with Crippen molar-refractivity contribution in [2.75, 3.05) is 0 Å². The maximum Gasteiger partial charge on any atom is 0.353 e. The van der Waals surface area contributed by atoms with Crippen molar-refractivity contribution in [1.29, 1.82) is 0 Å². The number of fused-ring (bicyclic) bond motifs is 1. The Balaban J connectivity index is 1.39. The summed E-state index contributed by atoms with van der Waals surface area (Å²) in [4.78, 5) is 19.4. The summed E-state index contributed by atoms with van der Waals surface area (Å²) < 4.78 is 6.16. The van der Waals surface area contributed by atoms with Crippen LogP contribution in [0.15, 0.2) is 115 Å². The summed E-state index contributed by atoms with van der Waals surface area (Å²) in [5.74, 6) is 1.10. The second-order valence-corrected chi connectivity index (χ2v) is 11.7. The number of pyridine rings is 1. The van der Waals surface area contributed by atoms with Crippen molar-refractivity contribution in [2.24, 2.45) is 0 Å². The van der Waals surface area contributed by atoms with Gasteiger partial charge in [0.1, 0.15) is 5.72 Å². The highest BCUT2D eigenvalue weighted by molar-refractivity contribution is 6.44. The molecule has 0 bridgehead atoms. The molecule has 7 heteroatoms. The van der Waals surface area contributed by atoms with Gasteiger partial charge in [-0.3, -0.25) is 0 Å². The van der Waals surface area contributed by atoms with E-state index in [2.05, 4.69) is 42.5 Å². The number of hydrogen-bond donors (Lipinski definition) is 1. The number of benzene rings is 4. The van der Waals surface area contributed by atoms with Crippen LogP contribution in [0.4, 0.5) is 0 Å². The zero-order chi connectivity index (χ0) is 30.0. The van der Waals surface area contributed by atoms with Crippen molar-refractivity contribution in [2.45, 2.75) is 38.9 Å². The van der Waals surface area contributed by atoms with Gasteiger partial charge in [0.15, 0.2) is 11.6 Å². The molecule has 0 atom stereocenters. The zero-order valence-corrected chi connectivity index (χ0v) is 24.8. The molecule has 212 valence electrons. The summed E-state index contributed by atoms with van der Waals surface area (Å²) in [6.45, 7) is 7.19. The molecule has 0 spiro atoms. The minimum absolute atomic E-state index is 0.119. The summed E-state index contributed by atoms with van der Waals surface area (Å²) in [6, 6.07) is 38.8. The van der Waals surface area contributed by atoms with Gasteiger partial charge >= 0.3 is 7.48 Å². The molecule has 0 saturated carbocycles. The van der Waals surface area contributed by atoms with Crippen molar-refractivity contribution in [1.82, 2.24) is 19.9 Å². The molecule has 4 aromatic carbocycles. The largest absolute Gasteiger partial charge is 0.423 e. The predicted molar refractivity (Wildman–Crippen MR) is 175 cm³/mol. The fraction of sp³-hybridized carbons (Fsp3) is 0.167. The van der Waals surface area contributed by atoms with Gasteiger partial charge in [-0.1, -0.05) is 97.1 Å². The number of para-hydroxylation sites is 1. The Bertz CT molecular complexity index is 1880. The molecule has 0 saturated heterocycles. The number of nitrogens with zero attached hydrogens (tertiary/aromatic N) is 4. The van der Waals surface area contributed by atoms with Crippen LogP contribution in [0.5, 0.6) is 0 Å². The first-order valence-electron chi connectivity index (χ1n) is 14.4. The van der Waals surface area contributed by atoms with Crippen molar-refractivity contribution in [3.05, 3.63) is 115 Å². The smallest absolute Gasteiger partial charge is 0.353 e. The third-order valence-electron chi connectivity index (χ3n) is 7.98. The fourth-order valence-corrected chi connectivity index (χ4v) is 4.65. The van der Waals surface area contributed by atoms with Gasteiger partial charge in [0.25, 0.3) is 0 Å². The van der Waals surface area contributed by atoms with Crippen molar-refractivity contribution in [3.8, 4) is 45.2 Å². The molecule has 6 aromatic rings. The first-order valence-corrected chi connectivity index (χ1v) is 14.4. The van der Waals surface area contributed by atoms with E-state index in [1.165, 1.54) is 0 Å². The van der Waals surface area contributed by atoms with E-state index in [1.807, 2.05) is 86.6 Å². The highest BCUT2D eigenvalue weighted by Crippen LogP contribution is 2.28. The number of hydrogen-bond acceptors (Lipinski definition) is 6. The zero-order valence-electron chi connectivity index (χ0n) is 24.8. The van der Waals surface area contributed by atoms with E-state index >= 15 is 0 Å². The molecule has 43 heavy (non-hydrogen) atoms. The number of aliphatic hydroxyl groups is 1. The Hall–Kier alpha value is -4.72. The van der Waals surface area contributed by atoms with Gasteiger partial charge < -0.3 is 9.76 Å². The van der Waals surface area contributed by atoms with Gasteiger partial charge in [0.2, 0.25) is 0 Å². The van der Waals surface area contributed by atoms with Crippen molar-refractivity contribution < 1.29 is 9.76 Å². The van der Waals surface area contributed by atoms with E-state index in [1.54, 1.807) is 13.8 Å². The Morgan fingerprint density at radius 1 is 0.558 bits per heavy atom. The lowest BCUT2D eigenvalue weighted by molar-refractivity contribution is -0.0894. The molecular formula is C36H33BN4O2. The predicted octanol–water partition coefficient (Wildman–Crippen LogP) is 6.63. The van der Waals surface area contributed by atoms with Crippen LogP contribution in [0.1, 0.15) is 27.7 Å². The molecule has 0 radical (unpaired) electrons. The standard InChI is InChI=1S/C36H33BN4O2/c1-35(2,42)36(3,4)43-37-34-40-32(27-19-17-25(18-20-27)24-11-6-5-7-12-24)39-33(41-34)29-15-10-14-28(23-29)31-22-21-26-13-8-9-16-30(26)38-31/h5-23,37,42H,1-4H3. The summed E-state index contributed by atoms with van der Waals surface area (Å²) in [7, 11) is 0.119. The highest BCUT2D eigenvalue weighted by Gasteiger charge is 2.36. The van der Waals surface area contributed by atoms with Crippen molar-refractivity contribution in [3.63, 3.8) is 0 Å². The Kier molecular flexibility index (Phi) is 7.61. The summed E-state index contributed by atoms with van der Waals surface area (Å²) >= 11 is 0. The average Bonchev–Trinajstić information content (AvgIpc) is 3.03. The summed E-state index contributed by atoms with van der Waals surface area (Å²) in [5, 5.41) is 11.7. The quantitative estimate of drug-likeness (QED) is 0.209. The minimum atomic E-state index is -1.06. The van der Waals surface area contributed by atoms with E-state index in [0.29, 0.717) is 17.4 Å². The Morgan fingerprint density at radius 3 is 1.91 bits per heavy atom. The first-order chi connectivity index (χ1) is 20.7. The second-order valence-electron chi connectivity index (χ2n) is 11.7. The Labute approximate surface area is 252 Å². The van der Waals surface area contributed by atoms with Crippen molar-refractivity contribution >= 4 is 24.1 Å². The van der Waals surface area contributed by atoms with E-state index in [4.69, 9.17) is 24.6 Å². The van der Waals surface area contributed by atoms with Gasteiger partial charge in [-0.25, -0.2) is 19.9 Å². The van der Waals surface area contributed by atoms with Crippen LogP contribution in [0.25, 0.3) is 56.1 Å². The molecule has 0 aliphatic rings. The van der Waals surface area contributed by atoms with Crippen LogP contribution in [-0.4, -0.2) is 43.7 Å². The fourth-order valence-electron chi connectivity index (χ4n) is 4.65.